The maximum atomic E-state index is 13.3. The summed E-state index contributed by atoms with van der Waals surface area (Å²) in [5.41, 5.74) is -0.403. The summed E-state index contributed by atoms with van der Waals surface area (Å²) < 4.78 is 18.7. The maximum absolute atomic E-state index is 13.3. The molecule has 1 aromatic carbocycles. The van der Waals surface area contributed by atoms with Gasteiger partial charge in [-0.1, -0.05) is 11.6 Å². The average Bonchev–Trinajstić information content (AvgIpc) is 2.93. The summed E-state index contributed by atoms with van der Waals surface area (Å²) >= 11 is 5.84. The van der Waals surface area contributed by atoms with E-state index in [1.165, 1.54) is 13.2 Å². The summed E-state index contributed by atoms with van der Waals surface area (Å²) in [6.45, 7) is 3.56. The van der Waals surface area contributed by atoms with Crippen LogP contribution in [-0.2, 0) is 14.3 Å². The number of methoxy groups -OCH3 is 1. The van der Waals surface area contributed by atoms with E-state index in [1.54, 1.807) is 24.0 Å². The maximum Gasteiger partial charge on any atom is 0.322 e. The third kappa shape index (κ3) is 4.05. The van der Waals surface area contributed by atoms with Crippen molar-refractivity contribution in [2.75, 3.05) is 38.2 Å². The third-order valence-corrected chi connectivity index (χ3v) is 5.42. The molecule has 0 spiro atoms. The van der Waals surface area contributed by atoms with Crippen molar-refractivity contribution in [1.82, 2.24) is 15.5 Å². The van der Waals surface area contributed by atoms with Crippen molar-refractivity contribution in [1.29, 1.82) is 0 Å². The van der Waals surface area contributed by atoms with Gasteiger partial charge in [-0.15, -0.1) is 0 Å². The molecule has 0 radical (unpaired) electrons. The first-order chi connectivity index (χ1) is 13.2. The molecule has 0 saturated carbocycles. The van der Waals surface area contributed by atoms with Gasteiger partial charge in [-0.25, -0.2) is 9.18 Å². The molecule has 2 heterocycles. The highest BCUT2D eigenvalue weighted by Crippen LogP contribution is 2.24. The molecule has 2 unspecified atom stereocenters. The SMILES string of the molecule is COC(CC1(C)NC(=O)NC1=O)C(=O)N1CCN(c2ccc(F)c(Cl)c2)CC1. The highest BCUT2D eigenvalue weighted by Gasteiger charge is 2.45. The quantitative estimate of drug-likeness (QED) is 0.707. The normalized spacial score (nSPS) is 23.4. The van der Waals surface area contributed by atoms with Crippen LogP contribution in [0.15, 0.2) is 18.2 Å². The molecule has 4 amide bonds. The van der Waals surface area contributed by atoms with Crippen LogP contribution in [0.2, 0.25) is 5.02 Å². The van der Waals surface area contributed by atoms with Gasteiger partial charge in [0.1, 0.15) is 17.5 Å². The first-order valence-electron chi connectivity index (χ1n) is 8.88. The van der Waals surface area contributed by atoms with Crippen LogP contribution in [0.25, 0.3) is 0 Å². The van der Waals surface area contributed by atoms with Crippen LogP contribution < -0.4 is 15.5 Å². The molecule has 1 aromatic rings. The second-order valence-electron chi connectivity index (χ2n) is 7.08. The minimum atomic E-state index is -1.19. The predicted octanol–water partition coefficient (Wildman–Crippen LogP) is 1.13. The molecule has 10 heteroatoms. The van der Waals surface area contributed by atoms with Gasteiger partial charge in [0.2, 0.25) is 0 Å². The van der Waals surface area contributed by atoms with E-state index < -0.39 is 29.4 Å². The Morgan fingerprint density at radius 3 is 2.54 bits per heavy atom. The second kappa shape index (κ2) is 7.92. The van der Waals surface area contributed by atoms with Gasteiger partial charge in [0.25, 0.3) is 11.8 Å². The number of piperazine rings is 1. The van der Waals surface area contributed by atoms with Crippen LogP contribution >= 0.6 is 11.6 Å². The highest BCUT2D eigenvalue weighted by molar-refractivity contribution is 6.31. The van der Waals surface area contributed by atoms with E-state index >= 15 is 0 Å². The number of anilines is 1. The Balaban J connectivity index is 1.61. The molecular weight excluding hydrogens is 391 g/mol. The van der Waals surface area contributed by atoms with Crippen LogP contribution in [-0.4, -0.2) is 67.7 Å². The van der Waals surface area contributed by atoms with Gasteiger partial charge in [0.05, 0.1) is 5.02 Å². The van der Waals surface area contributed by atoms with Gasteiger partial charge >= 0.3 is 6.03 Å². The Morgan fingerprint density at radius 2 is 2.00 bits per heavy atom. The molecule has 2 fully saturated rings. The number of halogens is 2. The summed E-state index contributed by atoms with van der Waals surface area (Å²) in [6.07, 6.45) is -0.825. The molecule has 0 aromatic heterocycles. The zero-order chi connectivity index (χ0) is 20.5. The molecule has 2 N–H and O–H groups in total. The van der Waals surface area contributed by atoms with Gasteiger partial charge in [0, 0.05) is 45.4 Å². The number of rotatable bonds is 5. The number of imide groups is 1. The topological polar surface area (TPSA) is 91.0 Å². The summed E-state index contributed by atoms with van der Waals surface area (Å²) in [5.74, 6) is -1.20. The van der Waals surface area contributed by atoms with E-state index in [0.717, 1.165) is 5.69 Å². The number of hydrogen-bond acceptors (Lipinski definition) is 5. The molecule has 2 saturated heterocycles. The lowest BCUT2D eigenvalue weighted by atomic mass is 9.93. The minimum Gasteiger partial charge on any atom is -0.372 e. The molecule has 28 heavy (non-hydrogen) atoms. The molecule has 2 aliphatic rings. The van der Waals surface area contributed by atoms with E-state index in [-0.39, 0.29) is 17.4 Å². The van der Waals surface area contributed by atoms with Crippen molar-refractivity contribution >= 4 is 35.1 Å². The predicted molar refractivity (Wildman–Crippen MR) is 101 cm³/mol. The molecular formula is C18H22ClFN4O4. The minimum absolute atomic E-state index is 0.0354. The van der Waals surface area contributed by atoms with Crippen molar-refractivity contribution in [2.45, 2.75) is 25.0 Å². The fourth-order valence-electron chi connectivity index (χ4n) is 3.44. The molecule has 0 bridgehead atoms. The number of carbonyl (C=O) groups excluding carboxylic acids is 3. The zero-order valence-corrected chi connectivity index (χ0v) is 16.4. The van der Waals surface area contributed by atoms with Gasteiger partial charge < -0.3 is 19.9 Å². The number of ether oxygens (including phenoxy) is 1. The van der Waals surface area contributed by atoms with Crippen molar-refractivity contribution < 1.29 is 23.5 Å². The molecule has 2 atom stereocenters. The Bertz CT molecular complexity index is 800. The standard InChI is InChI=1S/C18H22ClFN4O4/c1-18(16(26)21-17(27)22-18)10-14(28-2)15(25)24-7-5-23(6-8-24)11-3-4-13(20)12(19)9-11/h3-4,9,14H,5-8,10H2,1-2H3,(H2,21,22,26,27). The Morgan fingerprint density at radius 1 is 1.32 bits per heavy atom. The molecule has 2 aliphatic heterocycles. The van der Waals surface area contributed by atoms with Crippen molar-refractivity contribution in [3.05, 3.63) is 29.0 Å². The largest absolute Gasteiger partial charge is 0.372 e. The van der Waals surface area contributed by atoms with E-state index in [4.69, 9.17) is 16.3 Å². The average molecular weight is 413 g/mol. The van der Waals surface area contributed by atoms with Crippen molar-refractivity contribution in [2.24, 2.45) is 0 Å². The van der Waals surface area contributed by atoms with E-state index in [0.29, 0.717) is 26.2 Å². The first-order valence-corrected chi connectivity index (χ1v) is 9.26. The number of hydrogen-bond donors (Lipinski definition) is 2. The lowest BCUT2D eigenvalue weighted by Crippen LogP contribution is -2.54. The van der Waals surface area contributed by atoms with Crippen molar-refractivity contribution in [3.8, 4) is 0 Å². The lowest BCUT2D eigenvalue weighted by molar-refractivity contribution is -0.144. The number of amides is 4. The lowest BCUT2D eigenvalue weighted by Gasteiger charge is -2.38. The Hall–Kier alpha value is -2.39. The van der Waals surface area contributed by atoms with Gasteiger partial charge in [-0.2, -0.15) is 0 Å². The number of urea groups is 1. The summed E-state index contributed by atoms with van der Waals surface area (Å²) in [7, 11) is 1.40. The van der Waals surface area contributed by atoms with Crippen LogP contribution in [0.1, 0.15) is 13.3 Å². The van der Waals surface area contributed by atoms with Gasteiger partial charge in [-0.3, -0.25) is 14.9 Å². The number of benzene rings is 1. The monoisotopic (exact) mass is 412 g/mol. The Labute approximate surface area is 166 Å². The number of carbonyl (C=O) groups is 3. The fourth-order valence-corrected chi connectivity index (χ4v) is 3.61. The molecule has 0 aliphatic carbocycles. The zero-order valence-electron chi connectivity index (χ0n) is 15.6. The first kappa shape index (κ1) is 20.3. The van der Waals surface area contributed by atoms with E-state index in [2.05, 4.69) is 10.6 Å². The van der Waals surface area contributed by atoms with Crippen LogP contribution in [0.4, 0.5) is 14.9 Å². The van der Waals surface area contributed by atoms with Crippen LogP contribution in [0.5, 0.6) is 0 Å². The van der Waals surface area contributed by atoms with Crippen LogP contribution in [0.3, 0.4) is 0 Å². The second-order valence-corrected chi connectivity index (χ2v) is 7.49. The van der Waals surface area contributed by atoms with E-state index in [1.807, 2.05) is 4.90 Å². The highest BCUT2D eigenvalue weighted by atomic mass is 35.5. The molecule has 8 nitrogen and oxygen atoms in total. The smallest absolute Gasteiger partial charge is 0.322 e. The van der Waals surface area contributed by atoms with Crippen LogP contribution in [0, 0.1) is 5.82 Å². The Kier molecular flexibility index (Phi) is 5.76. The number of nitrogens with zero attached hydrogens (tertiary/aromatic N) is 2. The fraction of sp³-hybridized carbons (Fsp3) is 0.500. The van der Waals surface area contributed by atoms with E-state index in [9.17, 15) is 18.8 Å². The van der Waals surface area contributed by atoms with Gasteiger partial charge in [-0.05, 0) is 25.1 Å². The summed E-state index contributed by atoms with van der Waals surface area (Å²) in [4.78, 5) is 39.9. The van der Waals surface area contributed by atoms with Gasteiger partial charge in [0.15, 0.2) is 0 Å². The summed E-state index contributed by atoms with van der Waals surface area (Å²) in [6, 6.07) is 3.95. The van der Waals surface area contributed by atoms with Crippen molar-refractivity contribution in [3.63, 3.8) is 0 Å². The number of nitrogens with one attached hydrogen (secondary N) is 2. The summed E-state index contributed by atoms with van der Waals surface area (Å²) in [5, 5.41) is 4.77. The molecule has 3 rings (SSSR count). The molecule has 152 valence electrons. The third-order valence-electron chi connectivity index (χ3n) is 5.13.